The van der Waals surface area contributed by atoms with Gasteiger partial charge in [0.25, 0.3) is 5.91 Å². The Labute approximate surface area is 109 Å². The number of hydrogen-bond donors (Lipinski definition) is 0. The Kier molecular flexibility index (Phi) is 2.94. The Balaban J connectivity index is 1.86. The summed E-state index contributed by atoms with van der Waals surface area (Å²) < 4.78 is 5.17. The van der Waals surface area contributed by atoms with Gasteiger partial charge in [-0.2, -0.15) is 4.98 Å². The van der Waals surface area contributed by atoms with Crippen LogP contribution in [0, 0.1) is 6.92 Å². The van der Waals surface area contributed by atoms with Gasteiger partial charge in [-0.25, -0.2) is 4.98 Å². The van der Waals surface area contributed by atoms with Crippen molar-refractivity contribution < 1.29 is 9.32 Å². The lowest BCUT2D eigenvalue weighted by molar-refractivity contribution is 0.0703. The van der Waals surface area contributed by atoms with E-state index >= 15 is 0 Å². The van der Waals surface area contributed by atoms with Gasteiger partial charge in [-0.05, 0) is 19.8 Å². The number of carbonyl (C=O) groups excluding carboxylic acids is 1. The SMILES string of the molecule is Cc1noc(C2CCCN2C(=O)c2cnccn2)n1. The van der Waals surface area contributed by atoms with Gasteiger partial charge in [0.15, 0.2) is 5.82 Å². The van der Waals surface area contributed by atoms with Gasteiger partial charge < -0.3 is 9.42 Å². The van der Waals surface area contributed by atoms with Crippen molar-refractivity contribution in [3.8, 4) is 0 Å². The number of carbonyl (C=O) groups is 1. The first-order valence-corrected chi connectivity index (χ1v) is 6.13. The van der Waals surface area contributed by atoms with Gasteiger partial charge in [0.1, 0.15) is 11.7 Å². The number of likely N-dealkylation sites (tertiary alicyclic amines) is 1. The van der Waals surface area contributed by atoms with E-state index in [-0.39, 0.29) is 11.9 Å². The minimum Gasteiger partial charge on any atom is -0.337 e. The summed E-state index contributed by atoms with van der Waals surface area (Å²) in [5.74, 6) is 0.924. The molecular formula is C12H13N5O2. The first-order valence-electron chi connectivity index (χ1n) is 6.13. The van der Waals surface area contributed by atoms with E-state index in [1.54, 1.807) is 18.0 Å². The van der Waals surface area contributed by atoms with Crippen molar-refractivity contribution in [1.82, 2.24) is 25.0 Å². The standard InChI is InChI=1S/C12H13N5O2/c1-8-15-11(19-16-8)10-3-2-6-17(10)12(18)9-7-13-4-5-14-9/h4-5,7,10H,2-3,6H2,1H3. The molecule has 1 amide bonds. The smallest absolute Gasteiger partial charge is 0.274 e. The molecule has 1 aliphatic heterocycles. The van der Waals surface area contributed by atoms with Gasteiger partial charge in [0.05, 0.1) is 6.20 Å². The number of rotatable bonds is 2. The summed E-state index contributed by atoms with van der Waals surface area (Å²) in [5.41, 5.74) is 0.339. The van der Waals surface area contributed by atoms with Crippen molar-refractivity contribution in [1.29, 1.82) is 0 Å². The van der Waals surface area contributed by atoms with Crippen LogP contribution in [0.5, 0.6) is 0 Å². The normalized spacial score (nSPS) is 18.8. The molecule has 19 heavy (non-hydrogen) atoms. The van der Waals surface area contributed by atoms with Crippen molar-refractivity contribution in [2.45, 2.75) is 25.8 Å². The summed E-state index contributed by atoms with van der Waals surface area (Å²) in [5, 5.41) is 3.78. The lowest BCUT2D eigenvalue weighted by atomic mass is 10.2. The molecule has 0 spiro atoms. The van der Waals surface area contributed by atoms with Crippen molar-refractivity contribution >= 4 is 5.91 Å². The summed E-state index contributed by atoms with van der Waals surface area (Å²) in [6.45, 7) is 2.43. The quantitative estimate of drug-likeness (QED) is 0.804. The van der Waals surface area contributed by atoms with Crippen LogP contribution < -0.4 is 0 Å². The van der Waals surface area contributed by atoms with Crippen LogP contribution in [0.2, 0.25) is 0 Å². The fraction of sp³-hybridized carbons (Fsp3) is 0.417. The first-order chi connectivity index (χ1) is 9.25. The maximum absolute atomic E-state index is 12.4. The molecule has 0 bridgehead atoms. The number of hydrogen-bond acceptors (Lipinski definition) is 6. The molecule has 1 aliphatic rings. The molecule has 0 N–H and O–H groups in total. The molecule has 3 rings (SSSR count). The Morgan fingerprint density at radius 1 is 1.47 bits per heavy atom. The fourth-order valence-electron chi connectivity index (χ4n) is 2.27. The molecule has 1 unspecified atom stereocenters. The zero-order valence-electron chi connectivity index (χ0n) is 10.5. The minimum absolute atomic E-state index is 0.147. The van der Waals surface area contributed by atoms with Crippen LogP contribution in [0.3, 0.4) is 0 Å². The predicted octanol–water partition coefficient (Wildman–Crippen LogP) is 1.15. The van der Waals surface area contributed by atoms with Crippen LogP contribution in [0.15, 0.2) is 23.1 Å². The molecule has 2 aromatic heterocycles. The third-order valence-corrected chi connectivity index (χ3v) is 3.12. The third kappa shape index (κ3) is 2.18. The Hall–Kier alpha value is -2.31. The molecule has 0 radical (unpaired) electrons. The second kappa shape index (κ2) is 4.75. The van der Waals surface area contributed by atoms with Gasteiger partial charge in [0, 0.05) is 18.9 Å². The highest BCUT2D eigenvalue weighted by Gasteiger charge is 2.34. The van der Waals surface area contributed by atoms with E-state index in [1.807, 2.05) is 0 Å². The molecule has 3 heterocycles. The van der Waals surface area contributed by atoms with Gasteiger partial charge in [-0.15, -0.1) is 0 Å². The molecule has 98 valence electrons. The van der Waals surface area contributed by atoms with E-state index in [4.69, 9.17) is 4.52 Å². The number of amides is 1. The van der Waals surface area contributed by atoms with Gasteiger partial charge in [-0.1, -0.05) is 5.16 Å². The van der Waals surface area contributed by atoms with E-state index < -0.39 is 0 Å². The average molecular weight is 259 g/mol. The molecule has 0 saturated carbocycles. The Morgan fingerprint density at radius 2 is 2.37 bits per heavy atom. The van der Waals surface area contributed by atoms with Crippen LogP contribution >= 0.6 is 0 Å². The summed E-state index contributed by atoms with van der Waals surface area (Å²) in [6, 6.07) is -0.157. The van der Waals surface area contributed by atoms with Gasteiger partial charge in [0.2, 0.25) is 5.89 Å². The van der Waals surface area contributed by atoms with Crippen LogP contribution in [-0.4, -0.2) is 37.5 Å². The fourth-order valence-corrected chi connectivity index (χ4v) is 2.27. The molecule has 1 saturated heterocycles. The van der Waals surface area contributed by atoms with Crippen molar-refractivity contribution in [2.24, 2.45) is 0 Å². The highest BCUT2D eigenvalue weighted by Crippen LogP contribution is 2.31. The van der Waals surface area contributed by atoms with Crippen LogP contribution in [0.1, 0.15) is 41.1 Å². The molecule has 0 aliphatic carbocycles. The van der Waals surface area contributed by atoms with Crippen LogP contribution in [0.25, 0.3) is 0 Å². The third-order valence-electron chi connectivity index (χ3n) is 3.12. The molecule has 7 nitrogen and oxygen atoms in total. The second-order valence-corrected chi connectivity index (χ2v) is 4.43. The first kappa shape index (κ1) is 11.8. The van der Waals surface area contributed by atoms with E-state index in [1.165, 1.54) is 12.4 Å². The summed E-state index contributed by atoms with van der Waals surface area (Å²) in [7, 11) is 0. The van der Waals surface area contributed by atoms with E-state index in [0.29, 0.717) is 24.0 Å². The van der Waals surface area contributed by atoms with Crippen molar-refractivity contribution in [3.63, 3.8) is 0 Å². The molecule has 2 aromatic rings. The maximum Gasteiger partial charge on any atom is 0.274 e. The van der Waals surface area contributed by atoms with Gasteiger partial charge >= 0.3 is 0 Å². The number of aryl methyl sites for hydroxylation is 1. The summed E-state index contributed by atoms with van der Waals surface area (Å²) in [6.07, 6.45) is 6.26. The summed E-state index contributed by atoms with van der Waals surface area (Å²) >= 11 is 0. The predicted molar refractivity (Wildman–Crippen MR) is 64.1 cm³/mol. The molecule has 0 aromatic carbocycles. The largest absolute Gasteiger partial charge is 0.337 e. The zero-order chi connectivity index (χ0) is 13.2. The lowest BCUT2D eigenvalue weighted by Gasteiger charge is -2.21. The minimum atomic E-state index is -0.157. The van der Waals surface area contributed by atoms with E-state index in [2.05, 4.69) is 20.1 Å². The Bertz CT molecular complexity index is 583. The molecular weight excluding hydrogens is 246 g/mol. The van der Waals surface area contributed by atoms with Crippen molar-refractivity contribution in [2.75, 3.05) is 6.54 Å². The zero-order valence-corrected chi connectivity index (χ0v) is 10.5. The van der Waals surface area contributed by atoms with Crippen LogP contribution in [-0.2, 0) is 0 Å². The van der Waals surface area contributed by atoms with Gasteiger partial charge in [-0.3, -0.25) is 9.78 Å². The Morgan fingerprint density at radius 3 is 3.05 bits per heavy atom. The number of nitrogens with zero attached hydrogens (tertiary/aromatic N) is 5. The van der Waals surface area contributed by atoms with E-state index in [0.717, 1.165) is 12.8 Å². The highest BCUT2D eigenvalue weighted by molar-refractivity contribution is 5.92. The second-order valence-electron chi connectivity index (χ2n) is 4.43. The van der Waals surface area contributed by atoms with Crippen molar-refractivity contribution in [3.05, 3.63) is 36.0 Å². The van der Waals surface area contributed by atoms with Crippen LogP contribution in [0.4, 0.5) is 0 Å². The highest BCUT2D eigenvalue weighted by atomic mass is 16.5. The maximum atomic E-state index is 12.4. The monoisotopic (exact) mass is 259 g/mol. The molecule has 1 atom stereocenters. The molecule has 1 fully saturated rings. The topological polar surface area (TPSA) is 85.0 Å². The van der Waals surface area contributed by atoms with E-state index in [9.17, 15) is 4.79 Å². The summed E-state index contributed by atoms with van der Waals surface area (Å²) in [4.78, 5) is 26.3. The lowest BCUT2D eigenvalue weighted by Crippen LogP contribution is -2.31. The molecule has 7 heteroatoms. The average Bonchev–Trinajstić information content (AvgIpc) is 3.07. The number of aromatic nitrogens is 4.